The Bertz CT molecular complexity index is 863. The molecule has 0 radical (unpaired) electrons. The van der Waals surface area contributed by atoms with Gasteiger partial charge in [0.15, 0.2) is 0 Å². The number of benzene rings is 3. The van der Waals surface area contributed by atoms with Crippen LogP contribution in [0.4, 0.5) is 11.4 Å². The lowest BCUT2D eigenvalue weighted by Crippen LogP contribution is -2.21. The van der Waals surface area contributed by atoms with Crippen LogP contribution in [0.1, 0.15) is 12.5 Å². The second-order valence-corrected chi connectivity index (χ2v) is 6.16. The van der Waals surface area contributed by atoms with E-state index in [1.165, 1.54) is 0 Å². The van der Waals surface area contributed by atoms with Crippen LogP contribution in [0.2, 0.25) is 0 Å². The third-order valence-electron chi connectivity index (χ3n) is 4.00. The fraction of sp³-hybridized carbons (Fsp3) is 0.174. The molecule has 5 nitrogen and oxygen atoms in total. The summed E-state index contributed by atoms with van der Waals surface area (Å²) in [6.45, 7) is 3.27. The predicted octanol–water partition coefficient (Wildman–Crippen LogP) is 4.71. The molecule has 144 valence electrons. The maximum Gasteiger partial charge on any atom is 0.243 e. The number of amides is 1. The quantitative estimate of drug-likeness (QED) is 0.568. The van der Waals surface area contributed by atoms with Crippen molar-refractivity contribution in [2.24, 2.45) is 0 Å². The van der Waals surface area contributed by atoms with E-state index in [0.717, 1.165) is 28.4 Å². The average molecular weight is 376 g/mol. The molecule has 0 aliphatic rings. The topological polar surface area (TPSA) is 59.6 Å². The molecule has 0 unspecified atom stereocenters. The average Bonchev–Trinajstić information content (AvgIpc) is 2.74. The molecule has 0 aliphatic carbocycles. The number of carbonyl (C=O) groups excluding carboxylic acids is 1. The van der Waals surface area contributed by atoms with E-state index in [1.807, 2.05) is 85.8 Å². The molecule has 0 aliphatic heterocycles. The minimum atomic E-state index is -0.119. The minimum Gasteiger partial charge on any atom is -0.494 e. The Morgan fingerprint density at radius 3 is 2.04 bits per heavy atom. The number of carbonyl (C=O) groups is 1. The van der Waals surface area contributed by atoms with Crippen LogP contribution < -0.4 is 20.1 Å². The zero-order chi connectivity index (χ0) is 19.6. The fourth-order valence-corrected chi connectivity index (χ4v) is 2.60. The van der Waals surface area contributed by atoms with Crippen LogP contribution in [-0.4, -0.2) is 19.1 Å². The van der Waals surface area contributed by atoms with Crippen molar-refractivity contribution in [3.05, 3.63) is 84.4 Å². The molecular formula is C23H24N2O3. The Labute approximate surface area is 165 Å². The number of hydrogen-bond donors (Lipinski definition) is 2. The fourth-order valence-electron chi connectivity index (χ4n) is 2.60. The van der Waals surface area contributed by atoms with Crippen LogP contribution in [0.3, 0.4) is 0 Å². The first-order chi connectivity index (χ1) is 13.7. The highest BCUT2D eigenvalue weighted by molar-refractivity contribution is 5.93. The number of hydrogen-bond acceptors (Lipinski definition) is 4. The van der Waals surface area contributed by atoms with Gasteiger partial charge in [-0.15, -0.1) is 0 Å². The van der Waals surface area contributed by atoms with Gasteiger partial charge < -0.3 is 20.1 Å². The number of nitrogens with one attached hydrogen (secondary N) is 2. The molecule has 2 N–H and O–H groups in total. The summed E-state index contributed by atoms with van der Waals surface area (Å²) in [5.74, 6) is 1.45. The monoisotopic (exact) mass is 376 g/mol. The molecule has 0 bridgehead atoms. The van der Waals surface area contributed by atoms with Gasteiger partial charge in [-0.3, -0.25) is 4.79 Å². The van der Waals surface area contributed by atoms with Crippen LogP contribution in [0.5, 0.6) is 11.5 Å². The van der Waals surface area contributed by atoms with Crippen molar-refractivity contribution >= 4 is 17.3 Å². The van der Waals surface area contributed by atoms with Gasteiger partial charge in [0, 0.05) is 11.4 Å². The smallest absolute Gasteiger partial charge is 0.243 e. The Kier molecular flexibility index (Phi) is 6.90. The van der Waals surface area contributed by atoms with Gasteiger partial charge in [0.1, 0.15) is 18.1 Å². The second kappa shape index (κ2) is 10.0. The molecular weight excluding hydrogens is 352 g/mol. The van der Waals surface area contributed by atoms with E-state index in [2.05, 4.69) is 10.6 Å². The van der Waals surface area contributed by atoms with Crippen molar-refractivity contribution in [3.63, 3.8) is 0 Å². The lowest BCUT2D eigenvalue weighted by molar-refractivity contribution is -0.114. The summed E-state index contributed by atoms with van der Waals surface area (Å²) in [4.78, 5) is 12.1. The maximum absolute atomic E-state index is 12.1. The third kappa shape index (κ3) is 6.06. The molecule has 3 aromatic carbocycles. The van der Waals surface area contributed by atoms with Crippen LogP contribution in [0.25, 0.3) is 0 Å². The second-order valence-electron chi connectivity index (χ2n) is 6.16. The Morgan fingerprint density at radius 2 is 1.39 bits per heavy atom. The Hall–Kier alpha value is -3.47. The zero-order valence-corrected chi connectivity index (χ0v) is 15.9. The molecule has 5 heteroatoms. The van der Waals surface area contributed by atoms with Gasteiger partial charge in [0.2, 0.25) is 5.91 Å². The predicted molar refractivity (Wildman–Crippen MR) is 112 cm³/mol. The summed E-state index contributed by atoms with van der Waals surface area (Å²) in [5, 5.41) is 5.95. The lowest BCUT2D eigenvalue weighted by Gasteiger charge is -2.10. The van der Waals surface area contributed by atoms with Gasteiger partial charge in [0.05, 0.1) is 13.2 Å². The largest absolute Gasteiger partial charge is 0.494 e. The summed E-state index contributed by atoms with van der Waals surface area (Å²) < 4.78 is 11.1. The van der Waals surface area contributed by atoms with Crippen molar-refractivity contribution in [1.82, 2.24) is 0 Å². The Morgan fingerprint density at radius 1 is 0.786 bits per heavy atom. The highest BCUT2D eigenvalue weighted by atomic mass is 16.5. The van der Waals surface area contributed by atoms with Crippen LogP contribution in [0.15, 0.2) is 78.9 Å². The first-order valence-electron chi connectivity index (χ1n) is 9.26. The first kappa shape index (κ1) is 19.3. The van der Waals surface area contributed by atoms with Crippen molar-refractivity contribution in [3.8, 4) is 11.5 Å². The van der Waals surface area contributed by atoms with E-state index in [9.17, 15) is 4.79 Å². The molecule has 0 heterocycles. The lowest BCUT2D eigenvalue weighted by atomic mass is 10.2. The van der Waals surface area contributed by atoms with Gasteiger partial charge in [-0.1, -0.05) is 30.3 Å². The maximum atomic E-state index is 12.1. The number of anilines is 2. The molecule has 0 aromatic heterocycles. The van der Waals surface area contributed by atoms with Crippen LogP contribution in [0, 0.1) is 0 Å². The van der Waals surface area contributed by atoms with E-state index in [1.54, 1.807) is 0 Å². The van der Waals surface area contributed by atoms with E-state index in [0.29, 0.717) is 13.2 Å². The van der Waals surface area contributed by atoms with Gasteiger partial charge in [0.25, 0.3) is 0 Å². The molecule has 28 heavy (non-hydrogen) atoms. The third-order valence-corrected chi connectivity index (χ3v) is 4.00. The van der Waals surface area contributed by atoms with Crippen LogP contribution >= 0.6 is 0 Å². The summed E-state index contributed by atoms with van der Waals surface area (Å²) in [7, 11) is 0. The first-order valence-corrected chi connectivity index (χ1v) is 9.26. The van der Waals surface area contributed by atoms with Gasteiger partial charge in [-0.2, -0.15) is 0 Å². The summed E-state index contributed by atoms with van der Waals surface area (Å²) in [5.41, 5.74) is 2.70. The minimum absolute atomic E-state index is 0.119. The van der Waals surface area contributed by atoms with Crippen molar-refractivity contribution in [1.29, 1.82) is 0 Å². The SMILES string of the molecule is CCOc1ccc(NCC(=O)Nc2ccc(OCc3ccccc3)cc2)cc1. The Balaban J connectivity index is 1.43. The van der Waals surface area contributed by atoms with E-state index in [4.69, 9.17) is 9.47 Å². The van der Waals surface area contributed by atoms with Crippen molar-refractivity contribution in [2.45, 2.75) is 13.5 Å². The van der Waals surface area contributed by atoms with E-state index < -0.39 is 0 Å². The van der Waals surface area contributed by atoms with Gasteiger partial charge in [-0.25, -0.2) is 0 Å². The molecule has 0 saturated carbocycles. The molecule has 0 fully saturated rings. The molecule has 0 spiro atoms. The molecule has 1 amide bonds. The number of rotatable bonds is 9. The van der Waals surface area contributed by atoms with E-state index in [-0.39, 0.29) is 12.5 Å². The normalized spacial score (nSPS) is 10.2. The zero-order valence-electron chi connectivity index (χ0n) is 15.9. The standard InChI is InChI=1S/C23H24N2O3/c1-2-27-21-12-8-19(9-13-21)24-16-23(26)25-20-10-14-22(15-11-20)28-17-18-6-4-3-5-7-18/h3-15,24H,2,16-17H2,1H3,(H,25,26). The van der Waals surface area contributed by atoms with Crippen molar-refractivity contribution in [2.75, 3.05) is 23.8 Å². The van der Waals surface area contributed by atoms with Gasteiger partial charge >= 0.3 is 0 Å². The molecule has 0 atom stereocenters. The summed E-state index contributed by atoms with van der Waals surface area (Å²) in [6, 6.07) is 24.9. The van der Waals surface area contributed by atoms with E-state index >= 15 is 0 Å². The summed E-state index contributed by atoms with van der Waals surface area (Å²) in [6.07, 6.45) is 0. The molecule has 3 aromatic rings. The van der Waals surface area contributed by atoms with Crippen molar-refractivity contribution < 1.29 is 14.3 Å². The highest BCUT2D eigenvalue weighted by Crippen LogP contribution is 2.18. The summed E-state index contributed by atoms with van der Waals surface area (Å²) >= 11 is 0. The van der Waals surface area contributed by atoms with Gasteiger partial charge in [-0.05, 0) is 61.0 Å². The van der Waals surface area contributed by atoms with Crippen LogP contribution in [-0.2, 0) is 11.4 Å². The molecule has 0 saturated heterocycles. The molecule has 3 rings (SSSR count). The highest BCUT2D eigenvalue weighted by Gasteiger charge is 2.03. The number of ether oxygens (including phenoxy) is 2.